The topological polar surface area (TPSA) is 102 Å². The Labute approximate surface area is 238 Å². The average Bonchev–Trinajstić information content (AvgIpc) is 3.43. The van der Waals surface area contributed by atoms with Gasteiger partial charge < -0.3 is 19.9 Å². The molecule has 2 N–H and O–H groups in total. The number of nitrogens with zero attached hydrogens (tertiary/aromatic N) is 4. The van der Waals surface area contributed by atoms with Gasteiger partial charge in [0.1, 0.15) is 17.8 Å². The van der Waals surface area contributed by atoms with Crippen molar-refractivity contribution in [1.29, 1.82) is 0 Å². The Bertz CT molecular complexity index is 1640. The van der Waals surface area contributed by atoms with E-state index in [0.717, 1.165) is 22.2 Å². The minimum atomic E-state index is -0.454. The quantitative estimate of drug-likeness (QED) is 0.304. The summed E-state index contributed by atoms with van der Waals surface area (Å²) < 4.78 is 14.9. The third kappa shape index (κ3) is 5.76. The standard InChI is InChI=1S/C32H34FN5O3/c1-32(2,18-39)24-8-5-21(6-9-24)28(40)16-23-15-22(7-10-26(23)33)29-25-17-27(36-30(25)35-19-34-29)20-11-13-38(14-12-20)31(41)37(3)4/h5-11,15,17,19,39H,12-14,16,18H2,1-4H3,(H,34,35,36). The fraction of sp³-hybridized carbons (Fsp3) is 0.312. The molecule has 1 aliphatic heterocycles. The Morgan fingerprint density at radius 3 is 2.51 bits per heavy atom. The molecule has 0 spiro atoms. The minimum Gasteiger partial charge on any atom is -0.395 e. The number of aromatic nitrogens is 3. The summed E-state index contributed by atoms with van der Waals surface area (Å²) in [6.45, 7) is 4.99. The van der Waals surface area contributed by atoms with Crippen LogP contribution in [0.1, 0.15) is 47.4 Å². The first kappa shape index (κ1) is 28.2. The van der Waals surface area contributed by atoms with E-state index in [1.165, 1.54) is 12.4 Å². The number of ketones is 1. The molecule has 2 amide bonds. The number of carbonyl (C=O) groups is 2. The number of H-pyrrole nitrogens is 1. The maximum Gasteiger partial charge on any atom is 0.319 e. The zero-order chi connectivity index (χ0) is 29.3. The fourth-order valence-electron chi connectivity index (χ4n) is 5.04. The first-order chi connectivity index (χ1) is 19.6. The molecule has 0 radical (unpaired) electrons. The molecular weight excluding hydrogens is 521 g/mol. The molecular formula is C32H34FN5O3. The summed E-state index contributed by atoms with van der Waals surface area (Å²) >= 11 is 0. The molecule has 212 valence electrons. The zero-order valence-electron chi connectivity index (χ0n) is 23.7. The molecule has 4 aromatic rings. The number of aromatic amines is 1. The second-order valence-corrected chi connectivity index (χ2v) is 11.3. The second-order valence-electron chi connectivity index (χ2n) is 11.3. The predicted octanol–water partition coefficient (Wildman–Crippen LogP) is 5.23. The molecule has 0 bridgehead atoms. The third-order valence-corrected chi connectivity index (χ3v) is 7.69. The van der Waals surface area contributed by atoms with Gasteiger partial charge in [0.15, 0.2) is 5.78 Å². The number of urea groups is 1. The number of fused-ring (bicyclic) bond motifs is 1. The van der Waals surface area contributed by atoms with E-state index in [-0.39, 0.29) is 30.4 Å². The molecule has 0 saturated heterocycles. The highest BCUT2D eigenvalue weighted by Gasteiger charge is 2.22. The van der Waals surface area contributed by atoms with Crippen LogP contribution in [0.3, 0.4) is 0 Å². The van der Waals surface area contributed by atoms with E-state index in [1.807, 2.05) is 38.1 Å². The molecule has 5 rings (SSSR count). The van der Waals surface area contributed by atoms with Gasteiger partial charge in [-0.15, -0.1) is 0 Å². The average molecular weight is 556 g/mol. The van der Waals surface area contributed by atoms with Crippen molar-refractivity contribution < 1.29 is 19.1 Å². The number of hydrogen-bond acceptors (Lipinski definition) is 5. The van der Waals surface area contributed by atoms with Crippen LogP contribution in [0.15, 0.2) is 60.9 Å². The largest absolute Gasteiger partial charge is 0.395 e. The van der Waals surface area contributed by atoms with Gasteiger partial charge in [-0.1, -0.05) is 44.2 Å². The monoisotopic (exact) mass is 555 g/mol. The van der Waals surface area contributed by atoms with Gasteiger partial charge in [-0.2, -0.15) is 0 Å². The smallest absolute Gasteiger partial charge is 0.319 e. The number of Topliss-reactive ketones (excluding diaryl/α,β-unsaturated/α-hetero) is 1. The van der Waals surface area contributed by atoms with Gasteiger partial charge in [0, 0.05) is 61.2 Å². The lowest BCUT2D eigenvalue weighted by Crippen LogP contribution is -2.41. The van der Waals surface area contributed by atoms with Crippen LogP contribution in [0.4, 0.5) is 9.18 Å². The summed E-state index contributed by atoms with van der Waals surface area (Å²) in [6, 6.07) is 13.8. The second kappa shape index (κ2) is 11.2. The van der Waals surface area contributed by atoms with Crippen molar-refractivity contribution >= 4 is 28.4 Å². The van der Waals surface area contributed by atoms with Crippen molar-refractivity contribution in [2.75, 3.05) is 33.8 Å². The van der Waals surface area contributed by atoms with E-state index < -0.39 is 11.2 Å². The maximum atomic E-state index is 14.9. The SMILES string of the molecule is CN(C)C(=O)N1CC=C(c2cc3c(-c4ccc(F)c(CC(=O)c5ccc(C(C)(C)CO)cc5)c4)ncnc3[nH]2)CC1. The Kier molecular flexibility index (Phi) is 7.73. The van der Waals surface area contributed by atoms with Crippen LogP contribution in [0.25, 0.3) is 27.9 Å². The summed E-state index contributed by atoms with van der Waals surface area (Å²) in [5.41, 5.74) is 5.27. The number of amides is 2. The highest BCUT2D eigenvalue weighted by atomic mass is 19.1. The number of aliphatic hydroxyl groups is 1. The highest BCUT2D eigenvalue weighted by Crippen LogP contribution is 2.31. The van der Waals surface area contributed by atoms with Gasteiger partial charge in [-0.3, -0.25) is 4.79 Å². The molecule has 0 saturated carbocycles. The van der Waals surface area contributed by atoms with Crippen LogP contribution in [0, 0.1) is 5.82 Å². The normalized spacial score (nSPS) is 13.8. The lowest BCUT2D eigenvalue weighted by atomic mass is 9.85. The summed E-state index contributed by atoms with van der Waals surface area (Å²) in [5, 5.41) is 10.4. The lowest BCUT2D eigenvalue weighted by molar-refractivity contribution is 0.0991. The molecule has 0 atom stereocenters. The van der Waals surface area contributed by atoms with Crippen molar-refractivity contribution in [2.24, 2.45) is 0 Å². The van der Waals surface area contributed by atoms with Crippen molar-refractivity contribution in [3.8, 4) is 11.3 Å². The molecule has 2 aromatic heterocycles. The molecule has 2 aromatic carbocycles. The predicted molar refractivity (Wildman–Crippen MR) is 157 cm³/mol. The van der Waals surface area contributed by atoms with Gasteiger partial charge in [-0.25, -0.2) is 19.2 Å². The summed E-state index contributed by atoms with van der Waals surface area (Å²) in [6.07, 6.45) is 4.12. The first-order valence-corrected chi connectivity index (χ1v) is 13.6. The van der Waals surface area contributed by atoms with Crippen LogP contribution >= 0.6 is 0 Å². The Balaban J connectivity index is 1.39. The molecule has 41 heavy (non-hydrogen) atoms. The van der Waals surface area contributed by atoms with Crippen LogP contribution < -0.4 is 0 Å². The molecule has 1 aliphatic rings. The molecule has 3 heterocycles. The van der Waals surface area contributed by atoms with Gasteiger partial charge in [-0.05, 0) is 47.4 Å². The number of benzene rings is 2. The first-order valence-electron chi connectivity index (χ1n) is 13.6. The Morgan fingerprint density at radius 1 is 1.10 bits per heavy atom. The van der Waals surface area contributed by atoms with Gasteiger partial charge in [0.05, 0.1) is 12.3 Å². The Hall–Kier alpha value is -4.37. The van der Waals surface area contributed by atoms with Crippen molar-refractivity contribution in [1.82, 2.24) is 24.8 Å². The number of rotatable bonds is 7. The Morgan fingerprint density at radius 2 is 1.85 bits per heavy atom. The van der Waals surface area contributed by atoms with Gasteiger partial charge >= 0.3 is 6.03 Å². The molecule has 9 heteroatoms. The van der Waals surface area contributed by atoms with Gasteiger partial charge in [0.2, 0.25) is 0 Å². The maximum absolute atomic E-state index is 14.9. The highest BCUT2D eigenvalue weighted by molar-refractivity contribution is 5.98. The van der Waals surface area contributed by atoms with Crippen LogP contribution in [-0.4, -0.2) is 75.5 Å². The minimum absolute atomic E-state index is 0.00870. The molecule has 8 nitrogen and oxygen atoms in total. The number of nitrogens with one attached hydrogen (secondary N) is 1. The summed E-state index contributed by atoms with van der Waals surface area (Å²) in [5.74, 6) is -0.651. The molecule has 0 fully saturated rings. The van der Waals surface area contributed by atoms with Crippen LogP contribution in [-0.2, 0) is 11.8 Å². The van der Waals surface area contributed by atoms with Gasteiger partial charge in [0.25, 0.3) is 0 Å². The third-order valence-electron chi connectivity index (χ3n) is 7.69. The van der Waals surface area contributed by atoms with E-state index in [1.54, 1.807) is 48.2 Å². The number of halogens is 1. The van der Waals surface area contributed by atoms with E-state index in [0.29, 0.717) is 42.0 Å². The van der Waals surface area contributed by atoms with E-state index >= 15 is 0 Å². The van der Waals surface area contributed by atoms with Crippen LogP contribution in [0.5, 0.6) is 0 Å². The van der Waals surface area contributed by atoms with E-state index in [2.05, 4.69) is 15.0 Å². The summed E-state index contributed by atoms with van der Waals surface area (Å²) in [4.78, 5) is 41.0. The molecule has 0 aliphatic carbocycles. The van der Waals surface area contributed by atoms with E-state index in [4.69, 9.17) is 0 Å². The molecule has 0 unspecified atom stereocenters. The van der Waals surface area contributed by atoms with Crippen molar-refractivity contribution in [2.45, 2.75) is 32.1 Å². The van der Waals surface area contributed by atoms with Crippen molar-refractivity contribution in [3.63, 3.8) is 0 Å². The van der Waals surface area contributed by atoms with E-state index in [9.17, 15) is 19.1 Å². The van der Waals surface area contributed by atoms with Crippen molar-refractivity contribution in [3.05, 3.63) is 89.1 Å². The number of carbonyl (C=O) groups excluding carboxylic acids is 2. The summed E-state index contributed by atoms with van der Waals surface area (Å²) in [7, 11) is 3.49. The number of aliphatic hydroxyl groups excluding tert-OH is 1. The zero-order valence-corrected chi connectivity index (χ0v) is 23.7. The fourth-order valence-corrected chi connectivity index (χ4v) is 5.04. The lowest BCUT2D eigenvalue weighted by Gasteiger charge is -2.28. The number of hydrogen-bond donors (Lipinski definition) is 2. The van der Waals surface area contributed by atoms with Crippen LogP contribution in [0.2, 0.25) is 0 Å².